The molecule has 1 atom stereocenters. The van der Waals surface area contributed by atoms with E-state index >= 15 is 0 Å². The predicted molar refractivity (Wildman–Crippen MR) is 456 cm³/mol. The largest absolute Gasteiger partial charge is 0.310 e. The van der Waals surface area contributed by atoms with Gasteiger partial charge in [0, 0.05) is 34.1 Å². The van der Waals surface area contributed by atoms with Gasteiger partial charge in [0.25, 0.3) is 0 Å². The predicted octanol–water partition coefficient (Wildman–Crippen LogP) is 29.6. The zero-order chi connectivity index (χ0) is 71.4. The Bertz CT molecular complexity index is 5910. The van der Waals surface area contributed by atoms with Crippen LogP contribution in [-0.4, -0.2) is 0 Å². The van der Waals surface area contributed by atoms with Crippen LogP contribution in [0.5, 0.6) is 0 Å². The second kappa shape index (κ2) is 29.2. The Labute approximate surface area is 627 Å². The maximum atomic E-state index is 2.45. The van der Waals surface area contributed by atoms with Crippen LogP contribution >= 0.6 is 0 Å². The first-order valence-corrected chi connectivity index (χ1v) is 37.2. The number of nitrogens with zero attached hydrogens (tertiary/aromatic N) is 2. The second-order valence-electron chi connectivity index (χ2n) is 28.0. The highest BCUT2D eigenvalue weighted by atomic mass is 15.1. The molecule has 0 amide bonds. The average molecular weight is 1370 g/mol. The molecule has 1 aliphatic rings. The fourth-order valence-corrected chi connectivity index (χ4v) is 15.7. The minimum atomic E-state index is 0.454. The Morgan fingerprint density at radius 3 is 0.794 bits per heavy atom. The molecule has 0 saturated carbocycles. The maximum Gasteiger partial charge on any atom is 0.0468 e. The van der Waals surface area contributed by atoms with E-state index in [4.69, 9.17) is 0 Å². The lowest BCUT2D eigenvalue weighted by molar-refractivity contribution is 0.739. The zero-order valence-electron chi connectivity index (χ0n) is 59.6. The summed E-state index contributed by atoms with van der Waals surface area (Å²) < 4.78 is 0. The van der Waals surface area contributed by atoms with E-state index < -0.39 is 0 Å². The summed E-state index contributed by atoms with van der Waals surface area (Å²) in [5, 5.41) is 4.86. The summed E-state index contributed by atoms with van der Waals surface area (Å²) in [6.07, 6.45) is 8.15. The van der Waals surface area contributed by atoms with E-state index in [1.807, 2.05) is 0 Å². The van der Waals surface area contributed by atoms with Crippen molar-refractivity contribution in [2.75, 3.05) is 9.80 Å². The Hall–Kier alpha value is -13.7. The molecule has 18 rings (SSSR count). The summed E-state index contributed by atoms with van der Waals surface area (Å²) in [6.45, 7) is 2.31. The molecule has 1 unspecified atom stereocenters. The minimum Gasteiger partial charge on any atom is -0.310 e. The van der Waals surface area contributed by atoms with Gasteiger partial charge in [0.15, 0.2) is 0 Å². The summed E-state index contributed by atoms with van der Waals surface area (Å²) in [5.41, 5.74) is 32.6. The normalized spacial score (nSPS) is 12.6. The number of fused-ring (bicyclic) bond motifs is 2. The van der Waals surface area contributed by atoms with Crippen LogP contribution in [0.2, 0.25) is 0 Å². The number of hydrogen-bond donors (Lipinski definition) is 0. The number of rotatable bonds is 17. The summed E-state index contributed by atoms with van der Waals surface area (Å²) in [7, 11) is 0. The molecular formula is C105H76N2. The smallest absolute Gasteiger partial charge is 0.0468 e. The first-order valence-electron chi connectivity index (χ1n) is 37.2. The van der Waals surface area contributed by atoms with Crippen LogP contribution in [0.15, 0.2) is 425 Å². The average Bonchev–Trinajstić information content (AvgIpc) is 0.728. The first-order chi connectivity index (χ1) is 53.0. The number of benzene rings is 17. The third-order valence-corrected chi connectivity index (χ3v) is 21.3. The highest BCUT2D eigenvalue weighted by molar-refractivity contribution is 6.22. The van der Waals surface area contributed by atoms with Crippen LogP contribution in [0.4, 0.5) is 34.1 Å². The van der Waals surface area contributed by atoms with Gasteiger partial charge in [-0.2, -0.15) is 0 Å². The van der Waals surface area contributed by atoms with Crippen molar-refractivity contribution in [1.29, 1.82) is 0 Å². The Morgan fingerprint density at radius 2 is 0.458 bits per heavy atom. The monoisotopic (exact) mass is 1360 g/mol. The van der Waals surface area contributed by atoms with Gasteiger partial charge >= 0.3 is 0 Å². The van der Waals surface area contributed by atoms with Crippen LogP contribution in [0.1, 0.15) is 18.9 Å². The lowest BCUT2D eigenvalue weighted by Crippen LogP contribution is -2.10. The Balaban J connectivity index is 0.694. The van der Waals surface area contributed by atoms with Gasteiger partial charge in [0.2, 0.25) is 0 Å². The van der Waals surface area contributed by atoms with Crippen LogP contribution < -0.4 is 9.80 Å². The van der Waals surface area contributed by atoms with Gasteiger partial charge < -0.3 is 9.80 Å². The highest BCUT2D eigenvalue weighted by Crippen LogP contribution is 2.50. The molecule has 2 nitrogen and oxygen atoms in total. The molecule has 0 fully saturated rings. The Morgan fingerprint density at radius 1 is 0.206 bits per heavy atom. The number of allylic oxidation sites excluding steroid dienone is 4. The quantitative estimate of drug-likeness (QED) is 0.0839. The maximum absolute atomic E-state index is 2.45. The van der Waals surface area contributed by atoms with E-state index in [1.54, 1.807) is 0 Å². The van der Waals surface area contributed by atoms with Crippen molar-refractivity contribution >= 4 is 61.2 Å². The van der Waals surface area contributed by atoms with Crippen molar-refractivity contribution in [3.8, 4) is 111 Å². The molecule has 0 aliphatic heterocycles. The van der Waals surface area contributed by atoms with Crippen LogP contribution in [-0.2, 0) is 0 Å². The molecule has 0 heterocycles. The van der Waals surface area contributed by atoms with E-state index in [1.165, 1.54) is 116 Å². The number of hydrogen-bond acceptors (Lipinski definition) is 2. The van der Waals surface area contributed by atoms with E-state index in [-0.39, 0.29) is 0 Å². The molecule has 0 N–H and O–H groups in total. The van der Waals surface area contributed by atoms with Crippen LogP contribution in [0.25, 0.3) is 138 Å². The highest BCUT2D eigenvalue weighted by Gasteiger charge is 2.24. The zero-order valence-corrected chi connectivity index (χ0v) is 59.6. The summed E-state index contributed by atoms with van der Waals surface area (Å²) in [4.78, 5) is 4.81. The topological polar surface area (TPSA) is 6.48 Å². The molecular weight excluding hydrogens is 1290 g/mol. The van der Waals surface area contributed by atoms with Gasteiger partial charge in [-0.3, -0.25) is 0 Å². The second-order valence-corrected chi connectivity index (χ2v) is 28.0. The van der Waals surface area contributed by atoms with Crippen molar-refractivity contribution in [3.63, 3.8) is 0 Å². The van der Waals surface area contributed by atoms with Crippen LogP contribution in [0, 0.1) is 5.92 Å². The third kappa shape index (κ3) is 13.3. The summed E-state index contributed by atoms with van der Waals surface area (Å²) in [5.74, 6) is 0.454. The third-order valence-electron chi connectivity index (χ3n) is 21.3. The van der Waals surface area contributed by atoms with Crippen molar-refractivity contribution in [2.24, 2.45) is 5.92 Å². The van der Waals surface area contributed by atoms with Gasteiger partial charge in [-0.05, 0) is 229 Å². The summed E-state index contributed by atoms with van der Waals surface area (Å²) >= 11 is 0. The molecule has 0 radical (unpaired) electrons. The van der Waals surface area contributed by atoms with E-state index in [0.29, 0.717) is 5.92 Å². The van der Waals surface area contributed by atoms with Crippen LogP contribution in [0.3, 0.4) is 0 Å². The SMILES string of the molecule is CC1C=CC(c2cc(N(c3ccc(-c4ccccc4)cc3)c3ccc(-c4ccccc4)cc3)ccc2-c2c3ccccc3c(-c3ccc(-c4ccc(N(c5ccc(-c6ccccc6)cc5)c5ccc(-c6ccc(-c7ccc(-c8ccccc8)cc7)cc6)c(-c6ccccc6)c5)cc4)cc3)c3ccccc23)=CC1. The van der Waals surface area contributed by atoms with Crippen molar-refractivity contribution in [3.05, 3.63) is 430 Å². The van der Waals surface area contributed by atoms with Crippen molar-refractivity contribution in [1.82, 2.24) is 0 Å². The standard InChI is InChI=1S/C105H76N2/c1-73-35-37-88(38-36-73)103-72-95(107(91-61-53-83(54-62-91)76-25-11-4-12-26-76)92-63-55-84(56-64-92)77-27-13-5-14-28-77)68-70-101(103)105-99-33-19-17-31-97(99)104(98-32-18-20-34-100(98)105)89-49-45-81(46-50-89)85-57-65-93(66-58-85)106(90-59-51-82(52-60-90)75-23-9-3-10-24-75)94-67-69-96(102(71-94)86-29-15-6-16-30-86)87-47-43-80(44-48-87)79-41-39-78(40-42-79)74-21-7-2-8-22-74/h2-35,37-73H,36H2,1H3. The molecule has 506 valence electrons. The lowest BCUT2D eigenvalue weighted by atomic mass is 9.82. The molecule has 0 spiro atoms. The molecule has 2 heteroatoms. The van der Waals surface area contributed by atoms with Gasteiger partial charge in [0.1, 0.15) is 0 Å². The van der Waals surface area contributed by atoms with E-state index in [0.717, 1.165) is 68.4 Å². The summed E-state index contributed by atoms with van der Waals surface area (Å²) in [6, 6.07) is 149. The fourth-order valence-electron chi connectivity index (χ4n) is 15.7. The van der Waals surface area contributed by atoms with Gasteiger partial charge in [-0.15, -0.1) is 0 Å². The van der Waals surface area contributed by atoms with Gasteiger partial charge in [-0.25, -0.2) is 0 Å². The molecule has 0 bridgehead atoms. The van der Waals surface area contributed by atoms with Crippen molar-refractivity contribution < 1.29 is 0 Å². The molecule has 1 aliphatic carbocycles. The first kappa shape index (κ1) is 65.4. The molecule has 107 heavy (non-hydrogen) atoms. The molecule has 0 saturated heterocycles. The van der Waals surface area contributed by atoms with Gasteiger partial charge in [0.05, 0.1) is 0 Å². The number of anilines is 6. The van der Waals surface area contributed by atoms with E-state index in [2.05, 4.69) is 441 Å². The fraction of sp³-hybridized carbons (Fsp3) is 0.0286. The van der Waals surface area contributed by atoms with Crippen molar-refractivity contribution in [2.45, 2.75) is 13.3 Å². The molecule has 0 aromatic heterocycles. The van der Waals surface area contributed by atoms with Gasteiger partial charge in [-0.1, -0.05) is 359 Å². The Kier molecular flexibility index (Phi) is 17.9. The molecule has 17 aromatic carbocycles. The minimum absolute atomic E-state index is 0.454. The molecule has 17 aromatic rings. The lowest BCUT2D eigenvalue weighted by Gasteiger charge is -2.28. The van der Waals surface area contributed by atoms with E-state index in [9.17, 15) is 0 Å².